The van der Waals surface area contributed by atoms with Gasteiger partial charge in [-0.25, -0.2) is 4.79 Å². The van der Waals surface area contributed by atoms with Crippen molar-refractivity contribution in [2.24, 2.45) is 7.05 Å². The van der Waals surface area contributed by atoms with Crippen molar-refractivity contribution < 1.29 is 9.59 Å². The van der Waals surface area contributed by atoms with Crippen LogP contribution in [0.15, 0.2) is 59.2 Å². The summed E-state index contributed by atoms with van der Waals surface area (Å²) in [7, 11) is 1.77. The number of anilines is 1. The van der Waals surface area contributed by atoms with Gasteiger partial charge in [-0.1, -0.05) is 51.5 Å². The van der Waals surface area contributed by atoms with Gasteiger partial charge in [0, 0.05) is 36.5 Å². The number of nitrogen functional groups attached to an aromatic ring is 1. The van der Waals surface area contributed by atoms with Gasteiger partial charge in [0.05, 0.1) is 19.1 Å². The Morgan fingerprint density at radius 2 is 1.94 bits per heavy atom. The number of nitrogens with two attached hydrogens (primary N) is 1. The van der Waals surface area contributed by atoms with Crippen LogP contribution >= 0.6 is 15.9 Å². The summed E-state index contributed by atoms with van der Waals surface area (Å²) in [5.41, 5.74) is 9.12. The first-order valence-electron chi connectivity index (χ1n) is 11.2. The molecule has 3 aromatic rings. The van der Waals surface area contributed by atoms with E-state index in [-0.39, 0.29) is 31.1 Å². The first-order valence-corrected chi connectivity index (χ1v) is 12.0. The molecule has 0 radical (unpaired) electrons. The number of amides is 3. The molecule has 0 bridgehead atoms. The second-order valence-electron chi connectivity index (χ2n) is 8.41. The van der Waals surface area contributed by atoms with Crippen LogP contribution in [0.1, 0.15) is 35.7 Å². The predicted octanol–water partition coefficient (Wildman–Crippen LogP) is 3.24. The molecule has 1 aliphatic heterocycles. The molecule has 178 valence electrons. The summed E-state index contributed by atoms with van der Waals surface area (Å²) in [4.78, 5) is 29.6. The molecular formula is C24H28BrN7O2. The zero-order valence-electron chi connectivity index (χ0n) is 19.0. The van der Waals surface area contributed by atoms with Crippen molar-refractivity contribution in [3.8, 4) is 0 Å². The van der Waals surface area contributed by atoms with E-state index in [2.05, 4.69) is 31.6 Å². The summed E-state index contributed by atoms with van der Waals surface area (Å²) in [5, 5.41) is 10.9. The quantitative estimate of drug-likeness (QED) is 0.460. The summed E-state index contributed by atoms with van der Waals surface area (Å²) < 4.78 is 2.58. The standard InChI is InChI=1S/C24H28BrN7O2/c1-30-15-19(28-29-30)16-31(14-17-8-10-18(26)11-9-17)24(34)27-13-23(33)32-12-4-7-22(32)20-5-2-3-6-21(20)25/h2-3,5-6,8-11,15,22H,4,7,12-14,16,26H2,1H3,(H,27,34)/t22-/m0/s1. The number of carbonyl (C=O) groups is 2. The second-order valence-corrected chi connectivity index (χ2v) is 9.26. The zero-order valence-corrected chi connectivity index (χ0v) is 20.6. The van der Waals surface area contributed by atoms with Gasteiger partial charge in [0.2, 0.25) is 5.91 Å². The van der Waals surface area contributed by atoms with Crippen LogP contribution in [0.3, 0.4) is 0 Å². The predicted molar refractivity (Wildman–Crippen MR) is 132 cm³/mol. The fourth-order valence-electron chi connectivity index (χ4n) is 4.20. The van der Waals surface area contributed by atoms with Gasteiger partial charge in [0.1, 0.15) is 5.69 Å². The minimum atomic E-state index is -0.340. The molecule has 34 heavy (non-hydrogen) atoms. The van der Waals surface area contributed by atoms with E-state index in [0.717, 1.165) is 28.4 Å². The number of carbonyl (C=O) groups excluding carboxylic acids is 2. The lowest BCUT2D eigenvalue weighted by Crippen LogP contribution is -2.45. The van der Waals surface area contributed by atoms with Crippen LogP contribution in [0, 0.1) is 0 Å². The van der Waals surface area contributed by atoms with Gasteiger partial charge in [-0.15, -0.1) is 5.10 Å². The van der Waals surface area contributed by atoms with Crippen LogP contribution < -0.4 is 11.1 Å². The Bertz CT molecular complexity index is 1150. The normalized spacial score (nSPS) is 15.4. The van der Waals surface area contributed by atoms with E-state index in [4.69, 9.17) is 5.73 Å². The van der Waals surface area contributed by atoms with Gasteiger partial charge < -0.3 is 20.9 Å². The highest BCUT2D eigenvalue weighted by atomic mass is 79.9. The molecule has 1 aromatic heterocycles. The molecule has 0 spiro atoms. The van der Waals surface area contributed by atoms with Crippen molar-refractivity contribution in [1.82, 2.24) is 30.1 Å². The number of aromatic nitrogens is 3. The van der Waals surface area contributed by atoms with E-state index >= 15 is 0 Å². The molecule has 2 heterocycles. The van der Waals surface area contributed by atoms with Crippen LogP contribution in [0.2, 0.25) is 0 Å². The Morgan fingerprint density at radius 1 is 1.18 bits per heavy atom. The molecule has 0 saturated carbocycles. The van der Waals surface area contributed by atoms with Gasteiger partial charge in [-0.05, 0) is 42.2 Å². The van der Waals surface area contributed by atoms with E-state index in [9.17, 15) is 9.59 Å². The largest absolute Gasteiger partial charge is 0.399 e. The SMILES string of the molecule is Cn1cc(CN(Cc2ccc(N)cc2)C(=O)NCC(=O)N2CCC[C@H]2c2ccccc2Br)nn1. The van der Waals surface area contributed by atoms with Gasteiger partial charge in [-0.2, -0.15) is 0 Å². The van der Waals surface area contributed by atoms with Crippen molar-refractivity contribution in [2.75, 3.05) is 18.8 Å². The topological polar surface area (TPSA) is 109 Å². The van der Waals surface area contributed by atoms with Gasteiger partial charge >= 0.3 is 6.03 Å². The van der Waals surface area contributed by atoms with Crippen LogP contribution in [-0.2, 0) is 24.9 Å². The highest BCUT2D eigenvalue weighted by Crippen LogP contribution is 2.35. The van der Waals surface area contributed by atoms with E-state index in [1.165, 1.54) is 0 Å². The Morgan fingerprint density at radius 3 is 2.65 bits per heavy atom. The van der Waals surface area contributed by atoms with Crippen molar-refractivity contribution >= 4 is 33.6 Å². The molecule has 4 rings (SSSR count). The molecule has 1 saturated heterocycles. The lowest BCUT2D eigenvalue weighted by Gasteiger charge is -2.27. The third-order valence-corrected chi connectivity index (χ3v) is 6.59. The van der Waals surface area contributed by atoms with Crippen LogP contribution in [0.25, 0.3) is 0 Å². The number of rotatable bonds is 7. The van der Waals surface area contributed by atoms with E-state index < -0.39 is 0 Å². The average molecular weight is 526 g/mol. The molecule has 1 fully saturated rings. The Balaban J connectivity index is 1.42. The van der Waals surface area contributed by atoms with Crippen molar-refractivity contribution in [1.29, 1.82) is 0 Å². The monoisotopic (exact) mass is 525 g/mol. The molecular weight excluding hydrogens is 498 g/mol. The number of nitrogens with zero attached hydrogens (tertiary/aromatic N) is 5. The Labute approximate surface area is 207 Å². The fourth-order valence-corrected chi connectivity index (χ4v) is 4.75. The molecule has 1 atom stereocenters. The average Bonchev–Trinajstić information content (AvgIpc) is 3.47. The first kappa shape index (κ1) is 23.7. The van der Waals surface area contributed by atoms with Crippen LogP contribution in [0.4, 0.5) is 10.5 Å². The summed E-state index contributed by atoms with van der Waals surface area (Å²) >= 11 is 3.60. The third kappa shape index (κ3) is 5.74. The molecule has 0 aliphatic carbocycles. The smallest absolute Gasteiger partial charge is 0.318 e. The number of urea groups is 1. The zero-order chi connectivity index (χ0) is 24.1. The minimum absolute atomic E-state index is 0.00505. The molecule has 3 N–H and O–H groups in total. The second kappa shape index (κ2) is 10.7. The fraction of sp³-hybridized carbons (Fsp3) is 0.333. The third-order valence-electron chi connectivity index (χ3n) is 5.87. The summed E-state index contributed by atoms with van der Waals surface area (Å²) in [6, 6.07) is 15.0. The van der Waals surface area contributed by atoms with Crippen LogP contribution in [0.5, 0.6) is 0 Å². The molecule has 0 unspecified atom stereocenters. The Kier molecular flexibility index (Phi) is 7.46. The number of nitrogens with one attached hydrogen (secondary N) is 1. The summed E-state index contributed by atoms with van der Waals surface area (Å²) in [6.07, 6.45) is 3.60. The molecule has 3 amide bonds. The lowest BCUT2D eigenvalue weighted by molar-refractivity contribution is -0.131. The van der Waals surface area contributed by atoms with Crippen molar-refractivity contribution in [3.05, 3.63) is 76.0 Å². The Hall–Kier alpha value is -3.40. The summed E-state index contributed by atoms with van der Waals surface area (Å²) in [6.45, 7) is 1.22. The van der Waals surface area contributed by atoms with Gasteiger partial charge in [-0.3, -0.25) is 9.48 Å². The van der Waals surface area contributed by atoms with Gasteiger partial charge in [0.15, 0.2) is 0 Å². The molecule has 10 heteroatoms. The molecule has 2 aromatic carbocycles. The maximum absolute atomic E-state index is 13.1. The molecule has 9 nitrogen and oxygen atoms in total. The van der Waals surface area contributed by atoms with Crippen LogP contribution in [-0.4, -0.2) is 49.8 Å². The van der Waals surface area contributed by atoms with E-state index in [1.54, 1.807) is 35.0 Å². The highest BCUT2D eigenvalue weighted by Gasteiger charge is 2.31. The summed E-state index contributed by atoms with van der Waals surface area (Å²) in [5.74, 6) is -0.0986. The maximum Gasteiger partial charge on any atom is 0.318 e. The number of halogens is 1. The minimum Gasteiger partial charge on any atom is -0.399 e. The number of aryl methyl sites for hydroxylation is 1. The maximum atomic E-state index is 13.1. The van der Waals surface area contributed by atoms with E-state index in [1.807, 2.05) is 41.3 Å². The first-order chi connectivity index (χ1) is 16.4. The highest BCUT2D eigenvalue weighted by molar-refractivity contribution is 9.10. The number of hydrogen-bond acceptors (Lipinski definition) is 5. The number of likely N-dealkylation sites (tertiary alicyclic amines) is 1. The number of hydrogen-bond donors (Lipinski definition) is 2. The van der Waals surface area contributed by atoms with E-state index in [0.29, 0.717) is 24.5 Å². The lowest BCUT2D eigenvalue weighted by atomic mass is 10.0. The van der Waals surface area contributed by atoms with Gasteiger partial charge in [0.25, 0.3) is 0 Å². The van der Waals surface area contributed by atoms with Crippen molar-refractivity contribution in [3.63, 3.8) is 0 Å². The number of benzene rings is 2. The van der Waals surface area contributed by atoms with Crippen molar-refractivity contribution in [2.45, 2.75) is 32.0 Å². The molecule has 1 aliphatic rings.